The molecule has 1 aliphatic carbocycles. The van der Waals surface area contributed by atoms with Gasteiger partial charge in [0.25, 0.3) is 0 Å². The van der Waals surface area contributed by atoms with Gasteiger partial charge in [-0.05, 0) is 49.1 Å². The van der Waals surface area contributed by atoms with Crippen molar-refractivity contribution >= 4 is 16.8 Å². The van der Waals surface area contributed by atoms with E-state index in [1.165, 1.54) is 0 Å². The van der Waals surface area contributed by atoms with Gasteiger partial charge in [0, 0.05) is 12.1 Å². The van der Waals surface area contributed by atoms with E-state index in [2.05, 4.69) is 37.6 Å². The summed E-state index contributed by atoms with van der Waals surface area (Å²) in [5, 5.41) is 17.7. The van der Waals surface area contributed by atoms with E-state index >= 15 is 0 Å². The third-order valence-corrected chi connectivity index (χ3v) is 5.42. The maximum atomic E-state index is 8.92. The highest BCUT2D eigenvalue weighted by Gasteiger charge is 2.36. The van der Waals surface area contributed by atoms with Crippen LogP contribution in [-0.4, -0.2) is 30.7 Å². The van der Waals surface area contributed by atoms with Crippen molar-refractivity contribution in [2.75, 3.05) is 0 Å². The Labute approximate surface area is 155 Å². The van der Waals surface area contributed by atoms with E-state index in [9.17, 15) is 0 Å². The van der Waals surface area contributed by atoms with Crippen LogP contribution in [0.5, 0.6) is 5.75 Å². The average molecular weight is 358 g/mol. The summed E-state index contributed by atoms with van der Waals surface area (Å²) in [6.45, 7) is 2.24. The third kappa shape index (κ3) is 2.61. The van der Waals surface area contributed by atoms with Gasteiger partial charge in [-0.3, -0.25) is 4.40 Å². The third-order valence-electron chi connectivity index (χ3n) is 5.42. The number of nitrogens with zero attached hydrogens (tertiary/aromatic N) is 5. The van der Waals surface area contributed by atoms with E-state index in [1.54, 1.807) is 18.3 Å². The predicted octanol–water partition coefficient (Wildman–Crippen LogP) is 3.44. The van der Waals surface area contributed by atoms with Gasteiger partial charge in [0.05, 0.1) is 29.5 Å². The van der Waals surface area contributed by atoms with Crippen molar-refractivity contribution in [3.8, 4) is 11.8 Å². The van der Waals surface area contributed by atoms with E-state index in [4.69, 9.17) is 10.00 Å². The Hall–Kier alpha value is -3.40. The van der Waals surface area contributed by atoms with Crippen LogP contribution >= 0.6 is 0 Å². The summed E-state index contributed by atoms with van der Waals surface area (Å²) in [5.74, 6) is 2.47. The summed E-state index contributed by atoms with van der Waals surface area (Å²) in [6, 6.07) is 11.4. The van der Waals surface area contributed by atoms with E-state index in [0.29, 0.717) is 11.5 Å². The average Bonchev–Trinajstić information content (AvgIpc) is 3.39. The lowest BCUT2D eigenvalue weighted by Gasteiger charge is -2.14. The standard InChI is InChI=1S/C20H18N6O/c1-12-8-15(27-14-4-2-13(10-21)3-5-14)9-16(12)20-25-24-18-11-23-19-17(26(18)20)6-7-22-19/h2-7,11-12,15-16,22H,8-9H2,1H3. The summed E-state index contributed by atoms with van der Waals surface area (Å²) >= 11 is 0. The number of H-pyrrole nitrogens is 1. The SMILES string of the molecule is CC1CC(Oc2ccc(C#N)cc2)CC1c1nnc2cnc3[nH]ccc3n12. The molecular weight excluding hydrogens is 340 g/mol. The Morgan fingerprint density at radius 1 is 1.19 bits per heavy atom. The largest absolute Gasteiger partial charge is 0.490 e. The van der Waals surface area contributed by atoms with E-state index in [-0.39, 0.29) is 12.0 Å². The van der Waals surface area contributed by atoms with Crippen LogP contribution in [0.15, 0.2) is 42.7 Å². The molecule has 0 radical (unpaired) electrons. The fourth-order valence-electron chi connectivity index (χ4n) is 4.09. The van der Waals surface area contributed by atoms with Crippen molar-refractivity contribution in [1.82, 2.24) is 24.6 Å². The van der Waals surface area contributed by atoms with E-state index in [0.717, 1.165) is 41.2 Å². The minimum atomic E-state index is 0.119. The van der Waals surface area contributed by atoms with Gasteiger partial charge in [-0.25, -0.2) is 4.98 Å². The van der Waals surface area contributed by atoms with Crippen LogP contribution in [0.3, 0.4) is 0 Å². The molecule has 27 heavy (non-hydrogen) atoms. The molecule has 0 spiro atoms. The summed E-state index contributed by atoms with van der Waals surface area (Å²) < 4.78 is 8.27. The molecule has 3 heterocycles. The van der Waals surface area contributed by atoms with Crippen molar-refractivity contribution in [3.05, 3.63) is 54.1 Å². The lowest BCUT2D eigenvalue weighted by molar-refractivity contribution is 0.204. The lowest BCUT2D eigenvalue weighted by Crippen LogP contribution is -2.12. The second kappa shape index (κ2) is 6.09. The Balaban J connectivity index is 1.43. The second-order valence-electron chi connectivity index (χ2n) is 7.15. The smallest absolute Gasteiger partial charge is 0.179 e. The van der Waals surface area contributed by atoms with Gasteiger partial charge in [-0.15, -0.1) is 10.2 Å². The molecule has 0 saturated heterocycles. The molecule has 1 saturated carbocycles. The number of rotatable bonds is 3. The fraction of sp³-hybridized carbons (Fsp3) is 0.300. The minimum Gasteiger partial charge on any atom is -0.490 e. The molecule has 134 valence electrons. The van der Waals surface area contributed by atoms with Gasteiger partial charge in [-0.2, -0.15) is 5.26 Å². The van der Waals surface area contributed by atoms with Crippen molar-refractivity contribution in [1.29, 1.82) is 5.26 Å². The molecule has 1 N–H and O–H groups in total. The maximum Gasteiger partial charge on any atom is 0.179 e. The molecule has 3 aromatic heterocycles. The van der Waals surface area contributed by atoms with Crippen molar-refractivity contribution < 1.29 is 4.74 Å². The molecule has 0 bridgehead atoms. The maximum absolute atomic E-state index is 8.92. The number of benzene rings is 1. The molecular formula is C20H18N6O. The Morgan fingerprint density at radius 2 is 2.04 bits per heavy atom. The zero-order chi connectivity index (χ0) is 18.4. The van der Waals surface area contributed by atoms with Crippen LogP contribution in [0.1, 0.15) is 37.1 Å². The highest BCUT2D eigenvalue weighted by atomic mass is 16.5. The van der Waals surface area contributed by atoms with Crippen molar-refractivity contribution in [2.24, 2.45) is 5.92 Å². The highest BCUT2D eigenvalue weighted by molar-refractivity contribution is 5.74. The quantitative estimate of drug-likeness (QED) is 0.606. The molecule has 1 fully saturated rings. The molecule has 3 unspecified atom stereocenters. The van der Waals surface area contributed by atoms with Crippen LogP contribution in [0.25, 0.3) is 16.8 Å². The second-order valence-corrected chi connectivity index (χ2v) is 7.15. The Bertz CT molecular complexity index is 1150. The molecule has 4 aromatic rings. The number of nitriles is 1. The van der Waals surface area contributed by atoms with Crippen LogP contribution in [0.4, 0.5) is 0 Å². The molecule has 0 amide bonds. The first kappa shape index (κ1) is 15.8. The zero-order valence-corrected chi connectivity index (χ0v) is 14.8. The summed E-state index contributed by atoms with van der Waals surface area (Å²) in [6.07, 6.45) is 5.60. The normalized spacial score (nSPS) is 22.3. The number of nitrogens with one attached hydrogen (secondary N) is 1. The monoisotopic (exact) mass is 358 g/mol. The molecule has 1 aromatic carbocycles. The van der Waals surface area contributed by atoms with Gasteiger partial charge in [0.2, 0.25) is 0 Å². The van der Waals surface area contributed by atoms with E-state index < -0.39 is 0 Å². The number of aromatic amines is 1. The summed E-state index contributed by atoms with van der Waals surface area (Å²) in [7, 11) is 0. The van der Waals surface area contributed by atoms with Crippen molar-refractivity contribution in [2.45, 2.75) is 31.8 Å². The van der Waals surface area contributed by atoms with Crippen LogP contribution in [0.2, 0.25) is 0 Å². The van der Waals surface area contributed by atoms with Crippen LogP contribution < -0.4 is 4.74 Å². The molecule has 5 rings (SSSR count). The van der Waals surface area contributed by atoms with Crippen molar-refractivity contribution in [3.63, 3.8) is 0 Å². The van der Waals surface area contributed by atoms with Gasteiger partial charge in [0.1, 0.15) is 11.6 Å². The number of ether oxygens (including phenoxy) is 1. The molecule has 7 heteroatoms. The Kier molecular flexibility index (Phi) is 3.57. The lowest BCUT2D eigenvalue weighted by atomic mass is 9.97. The number of hydrogen-bond donors (Lipinski definition) is 1. The highest BCUT2D eigenvalue weighted by Crippen LogP contribution is 2.41. The predicted molar refractivity (Wildman–Crippen MR) is 99.4 cm³/mol. The van der Waals surface area contributed by atoms with Gasteiger partial charge in [-0.1, -0.05) is 6.92 Å². The molecule has 3 atom stereocenters. The number of aromatic nitrogens is 5. The summed E-state index contributed by atoms with van der Waals surface area (Å²) in [4.78, 5) is 7.53. The first-order chi connectivity index (χ1) is 13.2. The topological polar surface area (TPSA) is 91.9 Å². The first-order valence-electron chi connectivity index (χ1n) is 9.07. The minimum absolute atomic E-state index is 0.119. The van der Waals surface area contributed by atoms with Gasteiger partial charge in [0.15, 0.2) is 11.3 Å². The first-order valence-corrected chi connectivity index (χ1v) is 9.07. The van der Waals surface area contributed by atoms with Gasteiger partial charge < -0.3 is 9.72 Å². The summed E-state index contributed by atoms with van der Waals surface area (Å²) in [5.41, 5.74) is 3.23. The Morgan fingerprint density at radius 3 is 2.85 bits per heavy atom. The van der Waals surface area contributed by atoms with Crippen LogP contribution in [0, 0.1) is 17.2 Å². The fourth-order valence-corrected chi connectivity index (χ4v) is 4.09. The number of fused-ring (bicyclic) bond motifs is 3. The van der Waals surface area contributed by atoms with Crippen LogP contribution in [-0.2, 0) is 0 Å². The molecule has 1 aliphatic rings. The molecule has 0 aliphatic heterocycles. The zero-order valence-electron chi connectivity index (χ0n) is 14.8. The molecule has 7 nitrogen and oxygen atoms in total. The van der Waals surface area contributed by atoms with Gasteiger partial charge >= 0.3 is 0 Å². The number of hydrogen-bond acceptors (Lipinski definition) is 5. The van der Waals surface area contributed by atoms with E-state index in [1.807, 2.05) is 24.4 Å².